The van der Waals surface area contributed by atoms with Crippen molar-refractivity contribution in [3.63, 3.8) is 0 Å². The van der Waals surface area contributed by atoms with Gasteiger partial charge in [-0.25, -0.2) is 4.68 Å². The van der Waals surface area contributed by atoms with Gasteiger partial charge in [-0.15, -0.1) is 16.4 Å². The lowest BCUT2D eigenvalue weighted by Crippen LogP contribution is -2.37. The van der Waals surface area contributed by atoms with Crippen LogP contribution in [0.2, 0.25) is 0 Å². The highest BCUT2D eigenvalue weighted by molar-refractivity contribution is 7.15. The van der Waals surface area contributed by atoms with E-state index in [9.17, 15) is 4.79 Å². The van der Waals surface area contributed by atoms with Crippen molar-refractivity contribution in [2.24, 2.45) is 0 Å². The molecule has 1 aromatic carbocycles. The number of ether oxygens (including phenoxy) is 2. The second kappa shape index (κ2) is 7.59. The third-order valence-corrected chi connectivity index (χ3v) is 5.83. The highest BCUT2D eigenvalue weighted by Gasteiger charge is 2.27. The van der Waals surface area contributed by atoms with E-state index < -0.39 is 6.04 Å². The summed E-state index contributed by atoms with van der Waals surface area (Å²) in [5, 5.41) is 11.1. The Balaban J connectivity index is 1.67. The van der Waals surface area contributed by atoms with Crippen molar-refractivity contribution in [2.75, 3.05) is 20.3 Å². The topological polar surface area (TPSA) is 82.4 Å². The maximum Gasteiger partial charge on any atom is 0.247 e. The first kappa shape index (κ1) is 18.4. The minimum atomic E-state index is -0.485. The second-order valence-electron chi connectivity index (χ2n) is 6.65. The molecule has 1 amide bonds. The first-order chi connectivity index (χ1) is 13.6. The van der Waals surface area contributed by atoms with E-state index >= 15 is 0 Å². The summed E-state index contributed by atoms with van der Waals surface area (Å²) in [4.78, 5) is 17.2. The van der Waals surface area contributed by atoms with Gasteiger partial charge in [-0.2, -0.15) is 0 Å². The van der Waals surface area contributed by atoms with Gasteiger partial charge in [0.1, 0.15) is 19.0 Å². The van der Waals surface area contributed by atoms with Gasteiger partial charge in [0.15, 0.2) is 11.5 Å². The van der Waals surface area contributed by atoms with Crippen molar-refractivity contribution < 1.29 is 14.3 Å². The van der Waals surface area contributed by atoms with Crippen LogP contribution in [-0.2, 0) is 11.3 Å². The van der Waals surface area contributed by atoms with Crippen LogP contribution in [0.4, 0.5) is 0 Å². The number of hydrogen-bond donors (Lipinski definition) is 0. The molecular weight excluding hydrogens is 378 g/mol. The number of carbonyl (C=O) groups excluding carboxylic acids is 1. The van der Waals surface area contributed by atoms with Gasteiger partial charge in [-0.05, 0) is 54.1 Å². The number of tetrazole rings is 1. The molecule has 0 fully saturated rings. The maximum atomic E-state index is 13.0. The molecule has 2 aromatic heterocycles. The summed E-state index contributed by atoms with van der Waals surface area (Å²) in [6, 6.07) is 7.78. The van der Waals surface area contributed by atoms with Gasteiger partial charge in [0.05, 0.1) is 13.7 Å². The number of thiophene rings is 1. The van der Waals surface area contributed by atoms with E-state index in [1.54, 1.807) is 30.3 Å². The highest BCUT2D eigenvalue weighted by Crippen LogP contribution is 2.40. The quantitative estimate of drug-likeness (QED) is 0.671. The minimum absolute atomic E-state index is 0.0555. The second-order valence-corrected chi connectivity index (χ2v) is 7.94. The van der Waals surface area contributed by atoms with E-state index in [4.69, 9.17) is 9.47 Å². The molecule has 0 aliphatic carbocycles. The van der Waals surface area contributed by atoms with E-state index in [2.05, 4.69) is 40.6 Å². The first-order valence-electron chi connectivity index (χ1n) is 8.98. The Morgan fingerprint density at radius 2 is 2.21 bits per heavy atom. The van der Waals surface area contributed by atoms with Crippen molar-refractivity contribution >= 4 is 17.2 Å². The van der Waals surface area contributed by atoms with Gasteiger partial charge in [-0.3, -0.25) is 4.79 Å². The Hall–Kier alpha value is -2.94. The van der Waals surface area contributed by atoms with Crippen LogP contribution in [0.3, 0.4) is 0 Å². The van der Waals surface area contributed by atoms with Gasteiger partial charge in [0.25, 0.3) is 0 Å². The third kappa shape index (κ3) is 3.45. The molecule has 9 heteroatoms. The molecular formula is C19H21N5O3S. The number of nitrogens with zero attached hydrogens (tertiary/aromatic N) is 5. The molecule has 0 bridgehead atoms. The summed E-state index contributed by atoms with van der Waals surface area (Å²) in [5.41, 5.74) is 1.98. The number of aromatic nitrogens is 4. The van der Waals surface area contributed by atoms with Crippen LogP contribution in [0, 0.1) is 6.92 Å². The number of aryl methyl sites for hydroxylation is 1. The molecule has 146 valence electrons. The van der Waals surface area contributed by atoms with Gasteiger partial charge in [0.2, 0.25) is 5.91 Å². The zero-order valence-electron chi connectivity index (χ0n) is 16.0. The smallest absolute Gasteiger partial charge is 0.247 e. The molecule has 0 saturated carbocycles. The summed E-state index contributed by atoms with van der Waals surface area (Å²) >= 11 is 1.72. The van der Waals surface area contributed by atoms with Crippen LogP contribution in [0.5, 0.6) is 11.5 Å². The Labute approximate surface area is 166 Å². The number of benzene rings is 1. The first-order valence-corrected chi connectivity index (χ1v) is 9.80. The summed E-state index contributed by atoms with van der Waals surface area (Å²) in [7, 11) is 1.63. The Kier molecular flexibility index (Phi) is 4.99. The summed E-state index contributed by atoms with van der Waals surface area (Å²) in [6.07, 6.45) is 1.45. The molecule has 1 aliphatic rings. The van der Waals surface area contributed by atoms with Crippen LogP contribution >= 0.6 is 11.3 Å². The fourth-order valence-corrected chi connectivity index (χ4v) is 4.13. The van der Waals surface area contributed by atoms with Crippen molar-refractivity contribution in [2.45, 2.75) is 26.4 Å². The zero-order valence-corrected chi connectivity index (χ0v) is 16.8. The molecule has 28 heavy (non-hydrogen) atoms. The summed E-state index contributed by atoms with van der Waals surface area (Å²) in [6.45, 7) is 5.19. The zero-order chi connectivity index (χ0) is 19.7. The number of hydrogen-bond acceptors (Lipinski definition) is 7. The fourth-order valence-electron chi connectivity index (χ4n) is 3.28. The molecule has 3 heterocycles. The third-order valence-electron chi connectivity index (χ3n) is 4.78. The Morgan fingerprint density at radius 3 is 2.89 bits per heavy atom. The van der Waals surface area contributed by atoms with E-state index in [0.717, 1.165) is 16.0 Å². The fraction of sp³-hybridized carbons (Fsp3) is 0.368. The van der Waals surface area contributed by atoms with E-state index in [1.807, 2.05) is 6.07 Å². The largest absolute Gasteiger partial charge is 0.493 e. The number of methoxy groups -OCH3 is 1. The van der Waals surface area contributed by atoms with Crippen molar-refractivity contribution in [1.29, 1.82) is 0 Å². The average molecular weight is 399 g/mol. The lowest BCUT2D eigenvalue weighted by Gasteiger charge is -2.23. The van der Waals surface area contributed by atoms with Gasteiger partial charge in [0, 0.05) is 21.9 Å². The molecule has 0 saturated heterocycles. The van der Waals surface area contributed by atoms with E-state index in [0.29, 0.717) is 31.2 Å². The highest BCUT2D eigenvalue weighted by atomic mass is 32.1. The standard InChI is InChI=1S/C19H21N5O3S/c1-12-4-5-17(28-12)14-8-15-10-23(6-7-27-18(15)16(9-14)26-3)19(25)13(2)24-11-20-21-22-24/h4-5,8-9,11,13H,6-7,10H2,1-3H3/t13-/m0/s1. The van der Waals surface area contributed by atoms with Crippen LogP contribution in [-0.4, -0.2) is 51.3 Å². The summed E-state index contributed by atoms with van der Waals surface area (Å²) < 4.78 is 13.0. The molecule has 0 radical (unpaired) electrons. The monoisotopic (exact) mass is 399 g/mol. The Bertz CT molecular complexity index is 986. The van der Waals surface area contributed by atoms with Crippen LogP contribution < -0.4 is 9.47 Å². The van der Waals surface area contributed by atoms with Crippen LogP contribution in [0.15, 0.2) is 30.6 Å². The van der Waals surface area contributed by atoms with Crippen LogP contribution in [0.1, 0.15) is 23.4 Å². The normalized spacial score (nSPS) is 14.8. The van der Waals surface area contributed by atoms with Crippen LogP contribution in [0.25, 0.3) is 10.4 Å². The lowest BCUT2D eigenvalue weighted by atomic mass is 10.1. The molecule has 0 N–H and O–H groups in total. The number of fused-ring (bicyclic) bond motifs is 1. The minimum Gasteiger partial charge on any atom is -0.493 e. The van der Waals surface area contributed by atoms with E-state index in [-0.39, 0.29) is 5.91 Å². The molecule has 0 unspecified atom stereocenters. The predicted molar refractivity (Wildman–Crippen MR) is 104 cm³/mol. The Morgan fingerprint density at radius 1 is 1.36 bits per heavy atom. The maximum absolute atomic E-state index is 13.0. The number of rotatable bonds is 4. The molecule has 0 spiro atoms. The van der Waals surface area contributed by atoms with Crippen molar-refractivity contribution in [3.8, 4) is 21.9 Å². The van der Waals surface area contributed by atoms with Crippen molar-refractivity contribution in [1.82, 2.24) is 25.1 Å². The summed E-state index contributed by atoms with van der Waals surface area (Å²) in [5.74, 6) is 1.33. The SMILES string of the molecule is COc1cc(-c2ccc(C)s2)cc2c1OCCN(C(=O)[C@H](C)n1cnnn1)C2. The lowest BCUT2D eigenvalue weighted by molar-refractivity contribution is -0.135. The van der Waals surface area contributed by atoms with Gasteiger partial charge < -0.3 is 14.4 Å². The average Bonchev–Trinajstić information content (AvgIpc) is 3.34. The molecule has 3 aromatic rings. The van der Waals surface area contributed by atoms with Gasteiger partial charge >= 0.3 is 0 Å². The number of carbonyl (C=O) groups is 1. The van der Waals surface area contributed by atoms with E-state index in [1.165, 1.54) is 15.9 Å². The van der Waals surface area contributed by atoms with Crippen molar-refractivity contribution in [3.05, 3.63) is 41.0 Å². The molecule has 1 aliphatic heterocycles. The number of amides is 1. The molecule has 4 rings (SSSR count). The molecule has 1 atom stereocenters. The molecule has 8 nitrogen and oxygen atoms in total. The predicted octanol–water partition coefficient (Wildman–Crippen LogP) is 2.70. The van der Waals surface area contributed by atoms with Gasteiger partial charge in [-0.1, -0.05) is 0 Å².